The van der Waals surface area contributed by atoms with Crippen molar-refractivity contribution in [3.05, 3.63) is 113 Å². The van der Waals surface area contributed by atoms with Crippen LogP contribution in [0.15, 0.2) is 97.1 Å². The standard InChI is InChI=1S/C32H33ClN2O3/c1-32(2,3)34-31(37)28(20-23-12-5-4-6-13-23)35(21-25-15-8-10-18-27(25)33)30(36)22-38-29-19-11-16-24-14-7-9-17-26(24)29/h4-19,28H,20-22H2,1-3H3,(H,34,37)/t28-/m1/s1. The molecule has 6 heteroatoms. The van der Waals surface area contributed by atoms with Crippen LogP contribution in [0.25, 0.3) is 10.8 Å². The van der Waals surface area contributed by atoms with Gasteiger partial charge < -0.3 is 15.0 Å². The second kappa shape index (κ2) is 12.1. The molecule has 0 aliphatic rings. The summed E-state index contributed by atoms with van der Waals surface area (Å²) in [5, 5.41) is 5.55. The first-order valence-electron chi connectivity index (χ1n) is 12.7. The van der Waals surface area contributed by atoms with E-state index in [0.29, 0.717) is 17.2 Å². The maximum Gasteiger partial charge on any atom is 0.261 e. The van der Waals surface area contributed by atoms with Gasteiger partial charge in [0.2, 0.25) is 5.91 Å². The van der Waals surface area contributed by atoms with Crippen molar-refractivity contribution in [2.24, 2.45) is 0 Å². The highest BCUT2D eigenvalue weighted by atomic mass is 35.5. The Kier molecular flexibility index (Phi) is 8.70. The summed E-state index contributed by atoms with van der Waals surface area (Å²) in [6.45, 7) is 5.73. The van der Waals surface area contributed by atoms with Crippen LogP contribution in [-0.2, 0) is 22.6 Å². The van der Waals surface area contributed by atoms with E-state index >= 15 is 0 Å². The third kappa shape index (κ3) is 7.14. The average Bonchev–Trinajstić information content (AvgIpc) is 2.90. The Morgan fingerprint density at radius 1 is 0.868 bits per heavy atom. The minimum Gasteiger partial charge on any atom is -0.483 e. The van der Waals surface area contributed by atoms with Crippen LogP contribution in [0.3, 0.4) is 0 Å². The molecule has 2 amide bonds. The summed E-state index contributed by atoms with van der Waals surface area (Å²) in [5.41, 5.74) is 1.24. The van der Waals surface area contributed by atoms with E-state index in [0.717, 1.165) is 21.9 Å². The minimum atomic E-state index is -0.767. The van der Waals surface area contributed by atoms with Gasteiger partial charge in [0.25, 0.3) is 5.91 Å². The quantitative estimate of drug-likeness (QED) is 0.272. The van der Waals surface area contributed by atoms with Crippen LogP contribution >= 0.6 is 11.6 Å². The van der Waals surface area contributed by atoms with E-state index in [1.54, 1.807) is 11.0 Å². The third-order valence-electron chi connectivity index (χ3n) is 6.17. The van der Waals surface area contributed by atoms with Crippen LogP contribution in [0.2, 0.25) is 5.02 Å². The molecule has 4 aromatic rings. The number of halogens is 1. The highest BCUT2D eigenvalue weighted by Gasteiger charge is 2.32. The number of benzene rings is 4. The number of amides is 2. The molecule has 5 nitrogen and oxygen atoms in total. The minimum absolute atomic E-state index is 0.173. The number of nitrogens with zero attached hydrogens (tertiary/aromatic N) is 1. The largest absolute Gasteiger partial charge is 0.483 e. The van der Waals surface area contributed by atoms with Gasteiger partial charge >= 0.3 is 0 Å². The second-order valence-electron chi connectivity index (χ2n) is 10.3. The lowest BCUT2D eigenvalue weighted by Crippen LogP contribution is -2.55. The van der Waals surface area contributed by atoms with Gasteiger partial charge in [-0.15, -0.1) is 0 Å². The fourth-order valence-electron chi connectivity index (χ4n) is 4.36. The molecule has 0 saturated carbocycles. The summed E-state index contributed by atoms with van der Waals surface area (Å²) in [4.78, 5) is 29.1. The number of nitrogens with one attached hydrogen (secondary N) is 1. The van der Waals surface area contributed by atoms with Gasteiger partial charge in [0, 0.05) is 28.9 Å². The van der Waals surface area contributed by atoms with Gasteiger partial charge in [-0.3, -0.25) is 9.59 Å². The van der Waals surface area contributed by atoms with Gasteiger partial charge in [0.05, 0.1) is 0 Å². The lowest BCUT2D eigenvalue weighted by atomic mass is 10.0. The first-order valence-corrected chi connectivity index (χ1v) is 13.1. The van der Waals surface area contributed by atoms with Crippen molar-refractivity contribution in [1.29, 1.82) is 0 Å². The van der Waals surface area contributed by atoms with Crippen molar-refractivity contribution in [3.8, 4) is 5.75 Å². The molecule has 0 aliphatic carbocycles. The zero-order valence-electron chi connectivity index (χ0n) is 22.0. The number of hydrogen-bond donors (Lipinski definition) is 1. The van der Waals surface area contributed by atoms with Crippen molar-refractivity contribution in [2.75, 3.05) is 6.61 Å². The van der Waals surface area contributed by atoms with Crippen LogP contribution in [-0.4, -0.2) is 34.9 Å². The number of hydrogen-bond acceptors (Lipinski definition) is 3. The highest BCUT2D eigenvalue weighted by molar-refractivity contribution is 6.31. The Morgan fingerprint density at radius 2 is 1.53 bits per heavy atom. The zero-order chi connectivity index (χ0) is 27.1. The fraction of sp³-hybridized carbons (Fsp3) is 0.250. The van der Waals surface area contributed by atoms with Crippen molar-refractivity contribution in [2.45, 2.75) is 45.3 Å². The maximum atomic E-state index is 13.8. The molecular formula is C32H33ClN2O3. The van der Waals surface area contributed by atoms with Gasteiger partial charge in [0.15, 0.2) is 6.61 Å². The smallest absolute Gasteiger partial charge is 0.261 e. The molecule has 0 bridgehead atoms. The van der Waals surface area contributed by atoms with E-state index < -0.39 is 11.6 Å². The van der Waals surface area contributed by atoms with E-state index in [4.69, 9.17) is 16.3 Å². The molecule has 0 aliphatic heterocycles. The van der Waals surface area contributed by atoms with E-state index in [2.05, 4.69) is 5.32 Å². The number of fused-ring (bicyclic) bond motifs is 1. The summed E-state index contributed by atoms with van der Waals surface area (Å²) in [6.07, 6.45) is 0.354. The number of carbonyl (C=O) groups excluding carboxylic acids is 2. The SMILES string of the molecule is CC(C)(C)NC(=O)[C@@H](Cc1ccccc1)N(Cc1ccccc1Cl)C(=O)COc1cccc2ccccc12. The van der Waals surface area contributed by atoms with Gasteiger partial charge in [0.1, 0.15) is 11.8 Å². The Bertz CT molecular complexity index is 1390. The van der Waals surface area contributed by atoms with Crippen LogP contribution in [0.1, 0.15) is 31.9 Å². The molecule has 1 atom stereocenters. The lowest BCUT2D eigenvalue weighted by Gasteiger charge is -2.34. The lowest BCUT2D eigenvalue weighted by molar-refractivity contribution is -0.143. The summed E-state index contributed by atoms with van der Waals surface area (Å²) in [6, 6.07) is 29.9. The monoisotopic (exact) mass is 528 g/mol. The Labute approximate surface area is 229 Å². The fourth-order valence-corrected chi connectivity index (χ4v) is 4.56. The number of carbonyl (C=O) groups is 2. The highest BCUT2D eigenvalue weighted by Crippen LogP contribution is 2.26. The molecule has 196 valence electrons. The molecule has 0 heterocycles. The van der Waals surface area contributed by atoms with Crippen molar-refractivity contribution >= 4 is 34.2 Å². The second-order valence-corrected chi connectivity index (χ2v) is 10.7. The van der Waals surface area contributed by atoms with Crippen LogP contribution in [0.4, 0.5) is 0 Å². The molecule has 0 unspecified atom stereocenters. The van der Waals surface area contributed by atoms with E-state index in [9.17, 15) is 9.59 Å². The molecule has 38 heavy (non-hydrogen) atoms. The summed E-state index contributed by atoms with van der Waals surface area (Å²) in [7, 11) is 0. The number of ether oxygens (including phenoxy) is 1. The van der Waals surface area contributed by atoms with Gasteiger partial charge in [-0.05, 0) is 49.4 Å². The molecule has 0 aromatic heterocycles. The topological polar surface area (TPSA) is 58.6 Å². The molecule has 0 spiro atoms. The van der Waals surface area contributed by atoms with Crippen LogP contribution < -0.4 is 10.1 Å². The van der Waals surface area contributed by atoms with Crippen molar-refractivity contribution in [1.82, 2.24) is 10.2 Å². The molecule has 1 N–H and O–H groups in total. The maximum absolute atomic E-state index is 13.8. The van der Waals surface area contributed by atoms with E-state index in [-0.39, 0.29) is 25.0 Å². The van der Waals surface area contributed by atoms with E-state index in [1.165, 1.54) is 0 Å². The Morgan fingerprint density at radius 3 is 2.26 bits per heavy atom. The third-order valence-corrected chi connectivity index (χ3v) is 6.54. The molecule has 0 saturated heterocycles. The van der Waals surface area contributed by atoms with Crippen LogP contribution in [0.5, 0.6) is 5.75 Å². The van der Waals surface area contributed by atoms with Gasteiger partial charge in [-0.2, -0.15) is 0 Å². The first kappa shape index (κ1) is 27.2. The van der Waals surface area contributed by atoms with E-state index in [1.807, 2.05) is 112 Å². The summed E-state index contributed by atoms with van der Waals surface area (Å²) in [5.74, 6) is 0.0858. The van der Waals surface area contributed by atoms with Crippen molar-refractivity contribution < 1.29 is 14.3 Å². The Balaban J connectivity index is 1.67. The molecule has 4 aromatic carbocycles. The van der Waals surface area contributed by atoms with Gasteiger partial charge in [-0.1, -0.05) is 96.5 Å². The summed E-state index contributed by atoms with van der Waals surface area (Å²) >= 11 is 6.49. The predicted molar refractivity (Wildman–Crippen MR) is 153 cm³/mol. The first-order chi connectivity index (χ1) is 18.2. The molecular weight excluding hydrogens is 496 g/mol. The van der Waals surface area contributed by atoms with Crippen molar-refractivity contribution in [3.63, 3.8) is 0 Å². The van der Waals surface area contributed by atoms with Gasteiger partial charge in [-0.25, -0.2) is 0 Å². The molecule has 4 rings (SSSR count). The average molecular weight is 529 g/mol. The normalized spacial score (nSPS) is 12.1. The van der Waals surface area contributed by atoms with Crippen LogP contribution in [0, 0.1) is 0 Å². The summed E-state index contributed by atoms with van der Waals surface area (Å²) < 4.78 is 6.06. The Hall–Kier alpha value is -3.83. The predicted octanol–water partition coefficient (Wildman–Crippen LogP) is 6.43. The number of rotatable bonds is 9. The zero-order valence-corrected chi connectivity index (χ0v) is 22.7. The molecule has 0 fully saturated rings. The molecule has 0 radical (unpaired) electrons.